The van der Waals surface area contributed by atoms with Crippen LogP contribution in [0.25, 0.3) is 22.3 Å². The second kappa shape index (κ2) is 6.56. The number of anilines is 2. The van der Waals surface area contributed by atoms with Gasteiger partial charge in [-0.3, -0.25) is 0 Å². The lowest BCUT2D eigenvalue weighted by molar-refractivity contribution is 0.415. The van der Waals surface area contributed by atoms with E-state index in [4.69, 9.17) is 4.74 Å². The van der Waals surface area contributed by atoms with Gasteiger partial charge >= 0.3 is 0 Å². The molecule has 0 amide bonds. The van der Waals surface area contributed by atoms with Crippen LogP contribution in [0.3, 0.4) is 0 Å². The molecule has 0 saturated heterocycles. The molecule has 4 aromatic rings. The molecule has 2 aromatic carbocycles. The van der Waals surface area contributed by atoms with Gasteiger partial charge in [-0.05, 0) is 36.4 Å². The number of benzene rings is 2. The van der Waals surface area contributed by atoms with E-state index < -0.39 is 11.6 Å². The summed E-state index contributed by atoms with van der Waals surface area (Å²) in [6.45, 7) is 0. The molecule has 0 saturated carbocycles. The van der Waals surface area contributed by atoms with Crippen molar-refractivity contribution < 1.29 is 18.6 Å². The number of rotatable bonds is 4. The van der Waals surface area contributed by atoms with Crippen molar-refractivity contribution in [2.75, 3.05) is 12.4 Å². The van der Waals surface area contributed by atoms with Crippen LogP contribution in [0.1, 0.15) is 0 Å². The van der Waals surface area contributed by atoms with Gasteiger partial charge in [-0.25, -0.2) is 18.7 Å². The lowest BCUT2D eigenvalue weighted by Crippen LogP contribution is -2.01. The van der Waals surface area contributed by atoms with Gasteiger partial charge in [0, 0.05) is 11.9 Å². The molecular formula is C19H14F2N4O2. The highest BCUT2D eigenvalue weighted by atomic mass is 19.1. The van der Waals surface area contributed by atoms with Crippen LogP contribution in [0.2, 0.25) is 0 Å². The van der Waals surface area contributed by atoms with Gasteiger partial charge in [0.15, 0.2) is 5.82 Å². The number of hydrogen-bond donors (Lipinski definition) is 3. The van der Waals surface area contributed by atoms with Crippen molar-refractivity contribution in [2.45, 2.75) is 0 Å². The van der Waals surface area contributed by atoms with Crippen molar-refractivity contribution in [3.63, 3.8) is 0 Å². The van der Waals surface area contributed by atoms with Gasteiger partial charge < -0.3 is 20.1 Å². The number of fused-ring (bicyclic) bond motifs is 1. The summed E-state index contributed by atoms with van der Waals surface area (Å²) in [5.74, 6) is -0.947. The van der Waals surface area contributed by atoms with E-state index in [9.17, 15) is 13.9 Å². The maximum Gasteiger partial charge on any atom is 0.201 e. The molecule has 3 N–H and O–H groups in total. The summed E-state index contributed by atoms with van der Waals surface area (Å²) >= 11 is 0. The molecule has 0 spiro atoms. The number of aromatic nitrogens is 3. The molecule has 0 fully saturated rings. The number of methoxy groups -OCH3 is 1. The maximum absolute atomic E-state index is 14.2. The van der Waals surface area contributed by atoms with Gasteiger partial charge in [0.25, 0.3) is 0 Å². The predicted molar refractivity (Wildman–Crippen MR) is 97.2 cm³/mol. The lowest BCUT2D eigenvalue weighted by atomic mass is 10.1. The van der Waals surface area contributed by atoms with Crippen molar-refractivity contribution in [3.05, 3.63) is 60.3 Å². The van der Waals surface area contributed by atoms with E-state index in [0.717, 1.165) is 12.1 Å². The Hall–Kier alpha value is -3.68. The van der Waals surface area contributed by atoms with Crippen molar-refractivity contribution >= 4 is 22.4 Å². The number of H-pyrrole nitrogens is 1. The third kappa shape index (κ3) is 3.01. The normalized spacial score (nSPS) is 10.9. The molecule has 0 unspecified atom stereocenters. The zero-order valence-electron chi connectivity index (χ0n) is 14.1. The van der Waals surface area contributed by atoms with Crippen LogP contribution >= 0.6 is 0 Å². The summed E-state index contributed by atoms with van der Waals surface area (Å²) in [5, 5.41) is 13.4. The Bertz CT molecular complexity index is 1110. The zero-order valence-corrected chi connectivity index (χ0v) is 14.1. The molecule has 2 heterocycles. The monoisotopic (exact) mass is 368 g/mol. The summed E-state index contributed by atoms with van der Waals surface area (Å²) in [4.78, 5) is 11.1. The largest absolute Gasteiger partial charge is 0.497 e. The SMILES string of the molecule is COc1ccc(Nc2nc(-c3c(F)cccc3F)nc3c[nH]c(O)c23)cc1. The number of aromatic hydroxyl groups is 1. The smallest absolute Gasteiger partial charge is 0.201 e. The van der Waals surface area contributed by atoms with Crippen LogP contribution < -0.4 is 10.1 Å². The Kier molecular flexibility index (Phi) is 4.08. The number of nitrogens with one attached hydrogen (secondary N) is 2. The van der Waals surface area contributed by atoms with Gasteiger partial charge in [0.2, 0.25) is 5.88 Å². The minimum Gasteiger partial charge on any atom is -0.497 e. The fourth-order valence-electron chi connectivity index (χ4n) is 2.75. The first-order valence-electron chi connectivity index (χ1n) is 8.00. The van der Waals surface area contributed by atoms with E-state index in [1.165, 1.54) is 12.3 Å². The molecule has 0 aliphatic heterocycles. The molecule has 0 radical (unpaired) electrons. The first kappa shape index (κ1) is 16.8. The van der Waals surface area contributed by atoms with Gasteiger partial charge in [-0.15, -0.1) is 0 Å². The molecule has 136 valence electrons. The minimum absolute atomic E-state index is 0.131. The summed E-state index contributed by atoms with van der Waals surface area (Å²) in [6, 6.07) is 10.5. The highest BCUT2D eigenvalue weighted by Gasteiger charge is 2.19. The highest BCUT2D eigenvalue weighted by Crippen LogP contribution is 2.34. The first-order chi connectivity index (χ1) is 13.1. The van der Waals surface area contributed by atoms with Gasteiger partial charge in [-0.1, -0.05) is 6.07 Å². The average molecular weight is 368 g/mol. The number of hydrogen-bond acceptors (Lipinski definition) is 5. The van der Waals surface area contributed by atoms with Crippen molar-refractivity contribution in [1.82, 2.24) is 15.0 Å². The van der Waals surface area contributed by atoms with Gasteiger partial charge in [0.05, 0.1) is 18.2 Å². The maximum atomic E-state index is 14.2. The molecule has 8 heteroatoms. The number of halogens is 2. The summed E-state index contributed by atoms with van der Waals surface area (Å²) in [6.07, 6.45) is 1.44. The standard InChI is InChI=1S/C19H14F2N4O2/c1-27-11-7-5-10(6-8-11)23-18-16-14(9-22-19(16)26)24-17(25-18)15-12(20)3-2-4-13(15)21/h2-9,22,26H,1H3,(H,23,24,25). The third-order valence-corrected chi connectivity index (χ3v) is 4.06. The van der Waals surface area contributed by atoms with Crippen LogP contribution in [0.15, 0.2) is 48.7 Å². The van der Waals surface area contributed by atoms with Crippen LogP contribution in [0.5, 0.6) is 11.6 Å². The number of ether oxygens (including phenoxy) is 1. The van der Waals surface area contributed by atoms with Crippen molar-refractivity contribution in [1.29, 1.82) is 0 Å². The Morgan fingerprint density at radius 3 is 2.41 bits per heavy atom. The van der Waals surface area contributed by atoms with Crippen molar-refractivity contribution in [3.8, 4) is 23.0 Å². The first-order valence-corrected chi connectivity index (χ1v) is 8.00. The molecule has 27 heavy (non-hydrogen) atoms. The summed E-state index contributed by atoms with van der Waals surface area (Å²) < 4.78 is 33.5. The third-order valence-electron chi connectivity index (χ3n) is 4.06. The molecule has 0 atom stereocenters. The lowest BCUT2D eigenvalue weighted by Gasteiger charge is -2.11. The predicted octanol–water partition coefficient (Wildman–Crippen LogP) is 4.36. The molecule has 4 rings (SSSR count). The molecule has 0 aliphatic carbocycles. The van der Waals surface area contributed by atoms with Crippen LogP contribution in [-0.2, 0) is 0 Å². The van der Waals surface area contributed by atoms with Gasteiger partial charge in [-0.2, -0.15) is 0 Å². The molecule has 6 nitrogen and oxygen atoms in total. The summed E-state index contributed by atoms with van der Waals surface area (Å²) in [5.41, 5.74) is 0.630. The molecule has 0 bridgehead atoms. The second-order valence-electron chi connectivity index (χ2n) is 5.74. The zero-order chi connectivity index (χ0) is 19.0. The Labute approximate surface area is 152 Å². The van der Waals surface area contributed by atoms with E-state index in [2.05, 4.69) is 20.3 Å². The van der Waals surface area contributed by atoms with Crippen LogP contribution in [0, 0.1) is 11.6 Å². The van der Waals surface area contributed by atoms with E-state index in [1.54, 1.807) is 31.4 Å². The number of aromatic amines is 1. The molecule has 2 aromatic heterocycles. The van der Waals surface area contributed by atoms with Crippen LogP contribution in [-0.4, -0.2) is 27.2 Å². The van der Waals surface area contributed by atoms with Crippen LogP contribution in [0.4, 0.5) is 20.3 Å². The Morgan fingerprint density at radius 1 is 1.04 bits per heavy atom. The molecular weight excluding hydrogens is 354 g/mol. The Balaban J connectivity index is 1.86. The fourth-order valence-corrected chi connectivity index (χ4v) is 2.75. The van der Waals surface area contributed by atoms with Gasteiger partial charge in [0.1, 0.15) is 28.6 Å². The molecule has 0 aliphatic rings. The fraction of sp³-hybridized carbons (Fsp3) is 0.0526. The van der Waals surface area contributed by atoms with E-state index in [0.29, 0.717) is 22.3 Å². The van der Waals surface area contributed by atoms with E-state index >= 15 is 0 Å². The highest BCUT2D eigenvalue weighted by molar-refractivity contribution is 5.96. The average Bonchev–Trinajstić information content (AvgIpc) is 3.03. The summed E-state index contributed by atoms with van der Waals surface area (Å²) in [7, 11) is 1.56. The van der Waals surface area contributed by atoms with E-state index in [-0.39, 0.29) is 23.1 Å². The van der Waals surface area contributed by atoms with E-state index in [1.807, 2.05) is 0 Å². The number of nitrogens with zero attached hydrogens (tertiary/aromatic N) is 2. The second-order valence-corrected chi connectivity index (χ2v) is 5.74. The quantitative estimate of drug-likeness (QED) is 0.498. The minimum atomic E-state index is -0.774. The topological polar surface area (TPSA) is 83.1 Å². The Morgan fingerprint density at radius 2 is 1.74 bits per heavy atom. The van der Waals surface area contributed by atoms with Crippen molar-refractivity contribution in [2.24, 2.45) is 0 Å².